The fourth-order valence-corrected chi connectivity index (χ4v) is 15.5. The van der Waals surface area contributed by atoms with E-state index in [1.54, 1.807) is 0 Å². The minimum atomic E-state index is 0.232. The molecule has 3 aromatic heterocycles. The van der Waals surface area contributed by atoms with Gasteiger partial charge in [-0.1, -0.05) is 201 Å². The van der Waals surface area contributed by atoms with Crippen LogP contribution in [0.15, 0.2) is 267 Å². The first kappa shape index (κ1) is 45.6. The molecule has 0 bridgehead atoms. The second-order valence-corrected chi connectivity index (χ2v) is 23.5. The number of hydrogen-bond donors (Lipinski definition) is 0. The summed E-state index contributed by atoms with van der Waals surface area (Å²) in [6.45, 7) is 2.37. The first-order chi connectivity index (χ1) is 40.6. The lowest BCUT2D eigenvalue weighted by Crippen LogP contribution is -2.18. The molecule has 0 amide bonds. The smallest absolute Gasteiger partial charge is 0.235 e. The molecule has 5 heteroatoms. The molecule has 0 saturated heterocycles. The van der Waals surface area contributed by atoms with E-state index in [1.807, 2.05) is 11.3 Å². The fourth-order valence-electron chi connectivity index (χ4n) is 14.3. The number of thiophene rings is 1. The van der Waals surface area contributed by atoms with Crippen molar-refractivity contribution < 1.29 is 0 Å². The van der Waals surface area contributed by atoms with Gasteiger partial charge in [0.15, 0.2) is 0 Å². The van der Waals surface area contributed by atoms with Gasteiger partial charge in [-0.2, -0.15) is 0 Å². The summed E-state index contributed by atoms with van der Waals surface area (Å²) in [6.07, 6.45) is 6.96. The standard InChI is InChI=1S/C77H48N4S/c1-45-16-14-29-72-75(45)66-41-47(35-39-71(66)80(72)73-30-15-27-62-61-26-11-13-31-74(61)82-76(62)73)46-34-38-70-65(40-46)60-25-10-12-28-69(60)81(70)77-78-67(48-32-36-58-54-21-4-2-17-50(54)52-19-6-8-23-56(52)63(58)42-48)44-68(79-77)49-33-37-59-55-22-5-3-18-51(55)53-20-7-9-24-57(53)64(59)43-49/h2-45,75H,1H3. The Bertz CT molecular complexity index is 5280. The molecule has 13 aromatic carbocycles. The molecular formula is C77H48N4S. The van der Waals surface area contributed by atoms with Crippen molar-refractivity contribution in [3.05, 3.63) is 272 Å². The summed E-state index contributed by atoms with van der Waals surface area (Å²) < 4.78 is 4.93. The van der Waals surface area contributed by atoms with Gasteiger partial charge in [-0.05, 0) is 154 Å². The van der Waals surface area contributed by atoms with Crippen LogP contribution in [-0.4, -0.2) is 14.5 Å². The van der Waals surface area contributed by atoms with E-state index in [2.05, 4.69) is 277 Å². The second-order valence-electron chi connectivity index (χ2n) is 22.4. The molecule has 2 unspecified atom stereocenters. The van der Waals surface area contributed by atoms with Crippen LogP contribution >= 0.6 is 11.3 Å². The Morgan fingerprint density at radius 3 is 1.46 bits per heavy atom. The Morgan fingerprint density at radius 1 is 0.366 bits per heavy atom. The zero-order valence-electron chi connectivity index (χ0n) is 44.7. The predicted molar refractivity (Wildman–Crippen MR) is 348 cm³/mol. The number of allylic oxidation sites excluding steroid dienone is 4. The highest BCUT2D eigenvalue weighted by atomic mass is 32.1. The normalized spacial score (nSPS) is 15.1. The zero-order chi connectivity index (χ0) is 53.7. The van der Waals surface area contributed by atoms with Crippen LogP contribution in [0.2, 0.25) is 0 Å². The lowest BCUT2D eigenvalue weighted by atomic mass is 9.83. The number of fused-ring (bicyclic) bond motifs is 21. The molecule has 4 nitrogen and oxygen atoms in total. The molecule has 2 atom stereocenters. The van der Waals surface area contributed by atoms with Gasteiger partial charge in [0.1, 0.15) is 0 Å². The van der Waals surface area contributed by atoms with Gasteiger partial charge in [0.2, 0.25) is 5.95 Å². The highest BCUT2D eigenvalue weighted by Gasteiger charge is 2.39. The predicted octanol–water partition coefficient (Wildman–Crippen LogP) is 21.2. The number of rotatable bonds is 5. The lowest BCUT2D eigenvalue weighted by molar-refractivity contribution is 0.619. The van der Waals surface area contributed by atoms with Gasteiger partial charge in [0.25, 0.3) is 0 Å². The largest absolute Gasteiger partial charge is 0.312 e. The topological polar surface area (TPSA) is 34.0 Å². The van der Waals surface area contributed by atoms with Crippen molar-refractivity contribution in [3.63, 3.8) is 0 Å². The summed E-state index contributed by atoms with van der Waals surface area (Å²) in [6, 6.07) is 89.7. The minimum absolute atomic E-state index is 0.232. The van der Waals surface area contributed by atoms with Gasteiger partial charge < -0.3 is 4.90 Å². The van der Waals surface area contributed by atoms with E-state index in [-0.39, 0.29) is 5.92 Å². The molecular weight excluding hydrogens is 1010 g/mol. The van der Waals surface area contributed by atoms with Crippen LogP contribution in [0.3, 0.4) is 0 Å². The molecule has 0 saturated carbocycles. The Hall–Kier alpha value is -10.2. The van der Waals surface area contributed by atoms with Crippen LogP contribution in [0.25, 0.3) is 146 Å². The van der Waals surface area contributed by atoms with Gasteiger partial charge in [-0.3, -0.25) is 4.57 Å². The number of para-hydroxylation sites is 1. The van der Waals surface area contributed by atoms with E-state index in [4.69, 9.17) is 9.97 Å². The summed E-state index contributed by atoms with van der Waals surface area (Å²) in [5.74, 6) is 1.20. The van der Waals surface area contributed by atoms with Crippen molar-refractivity contribution in [3.8, 4) is 39.6 Å². The van der Waals surface area contributed by atoms with Crippen molar-refractivity contribution in [2.75, 3.05) is 4.90 Å². The van der Waals surface area contributed by atoms with E-state index in [1.165, 1.54) is 119 Å². The number of benzene rings is 13. The maximum absolute atomic E-state index is 5.64. The monoisotopic (exact) mass is 1060 g/mol. The van der Waals surface area contributed by atoms with Crippen LogP contribution in [-0.2, 0) is 0 Å². The highest BCUT2D eigenvalue weighted by Crippen LogP contribution is 2.56. The average molecular weight is 1060 g/mol. The maximum Gasteiger partial charge on any atom is 0.235 e. The van der Waals surface area contributed by atoms with Gasteiger partial charge in [-0.15, -0.1) is 11.3 Å². The van der Waals surface area contributed by atoms with Gasteiger partial charge in [0.05, 0.1) is 32.8 Å². The number of hydrogen-bond acceptors (Lipinski definition) is 4. The van der Waals surface area contributed by atoms with Crippen molar-refractivity contribution in [2.45, 2.75) is 12.8 Å². The summed E-state index contributed by atoms with van der Waals surface area (Å²) in [5.41, 5.74) is 13.5. The second kappa shape index (κ2) is 17.4. The number of anilines is 2. The molecule has 382 valence electrons. The minimum Gasteiger partial charge on any atom is -0.312 e. The van der Waals surface area contributed by atoms with E-state index in [0.29, 0.717) is 11.9 Å². The van der Waals surface area contributed by atoms with E-state index < -0.39 is 0 Å². The summed E-state index contributed by atoms with van der Waals surface area (Å²) >= 11 is 1.89. The summed E-state index contributed by atoms with van der Waals surface area (Å²) in [7, 11) is 0. The molecule has 0 radical (unpaired) electrons. The highest BCUT2D eigenvalue weighted by molar-refractivity contribution is 7.26. The van der Waals surface area contributed by atoms with E-state index in [0.717, 1.165) is 44.3 Å². The first-order valence-electron chi connectivity index (χ1n) is 28.4. The van der Waals surface area contributed by atoms with Crippen molar-refractivity contribution >= 4 is 129 Å². The molecule has 82 heavy (non-hydrogen) atoms. The Morgan fingerprint density at radius 2 is 0.841 bits per heavy atom. The van der Waals surface area contributed by atoms with Gasteiger partial charge in [0, 0.05) is 54.7 Å². The third-order valence-corrected chi connectivity index (χ3v) is 19.2. The molecule has 2 aliphatic rings. The summed E-state index contributed by atoms with van der Waals surface area (Å²) in [4.78, 5) is 13.8. The van der Waals surface area contributed by atoms with E-state index in [9.17, 15) is 0 Å². The van der Waals surface area contributed by atoms with Crippen LogP contribution in [0, 0.1) is 5.92 Å². The molecule has 1 aliphatic heterocycles. The van der Waals surface area contributed by atoms with E-state index >= 15 is 0 Å². The number of aromatic nitrogens is 3. The molecule has 0 N–H and O–H groups in total. The molecule has 16 aromatic rings. The third kappa shape index (κ3) is 6.60. The Kier molecular flexibility index (Phi) is 9.68. The molecule has 0 spiro atoms. The first-order valence-corrected chi connectivity index (χ1v) is 29.2. The Balaban J connectivity index is 0.826. The quantitative estimate of drug-likeness (QED) is 0.161. The molecule has 1 aliphatic carbocycles. The van der Waals surface area contributed by atoms with Crippen LogP contribution < -0.4 is 4.90 Å². The Labute approximate surface area is 476 Å². The van der Waals surface area contributed by atoms with Crippen molar-refractivity contribution in [1.82, 2.24) is 14.5 Å². The van der Waals surface area contributed by atoms with Crippen molar-refractivity contribution in [2.24, 2.45) is 5.92 Å². The lowest BCUT2D eigenvalue weighted by Gasteiger charge is -2.27. The number of nitrogens with zero attached hydrogens (tertiary/aromatic N) is 4. The zero-order valence-corrected chi connectivity index (χ0v) is 45.5. The van der Waals surface area contributed by atoms with Crippen molar-refractivity contribution in [1.29, 1.82) is 0 Å². The van der Waals surface area contributed by atoms with Crippen LogP contribution in [0.1, 0.15) is 18.4 Å². The third-order valence-electron chi connectivity index (χ3n) is 18.0. The fraction of sp³-hybridized carbons (Fsp3) is 0.0390. The molecule has 0 fully saturated rings. The van der Waals surface area contributed by atoms with Crippen LogP contribution in [0.5, 0.6) is 0 Å². The molecule has 18 rings (SSSR count). The van der Waals surface area contributed by atoms with Gasteiger partial charge in [-0.25, -0.2) is 9.97 Å². The molecule has 4 heterocycles. The SMILES string of the molecule is CC1C=CC=C2C1c1cc(-c3ccc4c(c3)c3ccccc3n4-c3nc(-c4ccc5c6ccccc6c6ccccc6c5c4)cc(-c4ccc5c6ccccc6c6ccccc6c5c4)n3)ccc1N2c1cccc2c1sc1ccccc12. The summed E-state index contributed by atoms with van der Waals surface area (Å²) in [5, 5.41) is 19.8. The van der Waals surface area contributed by atoms with Gasteiger partial charge >= 0.3 is 0 Å². The maximum atomic E-state index is 5.64. The average Bonchev–Trinajstić information content (AvgIpc) is 3.54. The van der Waals surface area contributed by atoms with Crippen LogP contribution in [0.4, 0.5) is 11.4 Å².